The normalized spacial score (nSPS) is 21.2. The van der Waals surface area contributed by atoms with Crippen molar-refractivity contribution in [1.29, 1.82) is 0 Å². The number of hydrogen-bond acceptors (Lipinski definition) is 3. The number of hydrogen-bond donors (Lipinski definition) is 0. The highest BCUT2D eigenvalue weighted by molar-refractivity contribution is 5.88. The summed E-state index contributed by atoms with van der Waals surface area (Å²) in [6.07, 6.45) is 8.81. The van der Waals surface area contributed by atoms with Gasteiger partial charge in [0.25, 0.3) is 0 Å². The van der Waals surface area contributed by atoms with Gasteiger partial charge in [0.2, 0.25) is 5.91 Å². The van der Waals surface area contributed by atoms with Gasteiger partial charge in [-0.1, -0.05) is 55.3 Å². The Labute approximate surface area is 184 Å². The van der Waals surface area contributed by atoms with Crippen LogP contribution >= 0.6 is 0 Å². The van der Waals surface area contributed by atoms with E-state index in [9.17, 15) is 4.79 Å². The van der Waals surface area contributed by atoms with Crippen molar-refractivity contribution in [2.45, 2.75) is 37.5 Å². The first kappa shape index (κ1) is 20.2. The maximum absolute atomic E-state index is 13.9. The van der Waals surface area contributed by atoms with Gasteiger partial charge in [-0.15, -0.1) is 0 Å². The lowest BCUT2D eigenvalue weighted by molar-refractivity contribution is -0.137. The first-order valence-corrected chi connectivity index (χ1v) is 11.5. The van der Waals surface area contributed by atoms with Crippen molar-refractivity contribution in [2.24, 2.45) is 5.92 Å². The molecule has 2 heterocycles. The number of aromatic nitrogens is 1. The van der Waals surface area contributed by atoms with Crippen molar-refractivity contribution in [1.82, 2.24) is 9.88 Å². The molecular formula is C27H30N2O2. The van der Waals surface area contributed by atoms with Crippen LogP contribution in [-0.2, 0) is 21.4 Å². The minimum absolute atomic E-state index is 0.300. The molecule has 4 heteroatoms. The lowest BCUT2D eigenvalue weighted by Gasteiger charge is -2.35. The molecule has 1 atom stereocenters. The molecule has 2 fully saturated rings. The van der Waals surface area contributed by atoms with Crippen molar-refractivity contribution >= 4 is 16.7 Å². The second kappa shape index (κ2) is 8.80. The van der Waals surface area contributed by atoms with E-state index in [0.717, 1.165) is 44.0 Å². The highest BCUT2D eigenvalue weighted by Gasteiger charge is 2.45. The van der Waals surface area contributed by atoms with Gasteiger partial charge in [0, 0.05) is 36.8 Å². The van der Waals surface area contributed by atoms with Gasteiger partial charge in [0.05, 0.1) is 18.6 Å². The summed E-state index contributed by atoms with van der Waals surface area (Å²) in [7, 11) is 0. The van der Waals surface area contributed by atoms with Crippen molar-refractivity contribution in [3.05, 3.63) is 78.1 Å². The molecule has 0 bridgehead atoms. The van der Waals surface area contributed by atoms with Crippen LogP contribution in [-0.4, -0.2) is 42.1 Å². The van der Waals surface area contributed by atoms with E-state index in [1.165, 1.54) is 16.5 Å². The molecule has 160 valence electrons. The van der Waals surface area contributed by atoms with Crippen LogP contribution < -0.4 is 0 Å². The van der Waals surface area contributed by atoms with Crippen LogP contribution in [0, 0.1) is 5.92 Å². The van der Waals surface area contributed by atoms with E-state index in [-0.39, 0.29) is 5.41 Å². The van der Waals surface area contributed by atoms with Crippen LogP contribution in [0.1, 0.15) is 36.8 Å². The van der Waals surface area contributed by atoms with Crippen LogP contribution in [0.4, 0.5) is 0 Å². The molecule has 4 nitrogen and oxygen atoms in total. The molecule has 3 aromatic rings. The van der Waals surface area contributed by atoms with Gasteiger partial charge in [-0.3, -0.25) is 9.78 Å². The Hall–Kier alpha value is -2.72. The van der Waals surface area contributed by atoms with Crippen molar-refractivity contribution < 1.29 is 9.53 Å². The first-order chi connectivity index (χ1) is 15.2. The Morgan fingerprint density at radius 3 is 2.74 bits per heavy atom. The number of fused-ring (bicyclic) bond motifs is 1. The summed E-state index contributed by atoms with van der Waals surface area (Å²) in [5, 5.41) is 2.37. The number of carbonyl (C=O) groups is 1. The van der Waals surface area contributed by atoms with E-state index in [0.29, 0.717) is 31.6 Å². The summed E-state index contributed by atoms with van der Waals surface area (Å²) in [5.74, 6) is 0.601. The van der Waals surface area contributed by atoms with E-state index >= 15 is 0 Å². The van der Waals surface area contributed by atoms with Crippen LogP contribution in [0.5, 0.6) is 0 Å². The Morgan fingerprint density at radius 1 is 1.06 bits per heavy atom. The number of carbonyl (C=O) groups excluding carboxylic acids is 1. The molecule has 1 saturated carbocycles. The zero-order chi connectivity index (χ0) is 21.1. The summed E-state index contributed by atoms with van der Waals surface area (Å²) < 4.78 is 5.94. The largest absolute Gasteiger partial charge is 0.379 e. The number of ether oxygens (including phenoxy) is 1. The highest BCUT2D eigenvalue weighted by Crippen LogP contribution is 2.43. The minimum Gasteiger partial charge on any atom is -0.379 e. The zero-order valence-electron chi connectivity index (χ0n) is 18.0. The Balaban J connectivity index is 1.36. The smallest absolute Gasteiger partial charge is 0.233 e. The first-order valence-electron chi connectivity index (χ1n) is 11.5. The number of nitrogens with zero attached hydrogens (tertiary/aromatic N) is 2. The van der Waals surface area contributed by atoms with Crippen molar-refractivity contribution in [2.75, 3.05) is 26.3 Å². The lowest BCUT2D eigenvalue weighted by atomic mass is 9.77. The fourth-order valence-electron chi connectivity index (χ4n) is 5.45. The molecule has 1 amide bonds. The SMILES string of the molecule is O=C(N1CCOC[C@H](Cc2ccc3ccncc3c2)C1)C1(c2ccccc2)CCCC1. The molecule has 1 aliphatic carbocycles. The number of benzene rings is 2. The van der Waals surface area contributed by atoms with Gasteiger partial charge in [-0.05, 0) is 47.9 Å². The fourth-order valence-corrected chi connectivity index (χ4v) is 5.45. The molecule has 31 heavy (non-hydrogen) atoms. The maximum atomic E-state index is 13.9. The third kappa shape index (κ3) is 4.09. The van der Waals surface area contributed by atoms with E-state index in [2.05, 4.69) is 52.3 Å². The third-order valence-corrected chi connectivity index (χ3v) is 7.05. The molecule has 2 aliphatic rings. The standard InChI is InChI=1S/C27H30N2O2/c30-26(27(11-4-5-12-27)25-6-2-1-3-7-25)29-14-15-31-20-22(19-29)16-21-8-9-23-10-13-28-18-24(23)17-21/h1-3,6-10,13,17-18,22H,4-5,11-12,14-16,19-20H2/t22-/m1/s1. The van der Waals surface area contributed by atoms with Gasteiger partial charge in [0.15, 0.2) is 0 Å². The average molecular weight is 415 g/mol. The molecule has 0 N–H and O–H groups in total. The summed E-state index contributed by atoms with van der Waals surface area (Å²) in [6, 6.07) is 19.1. The van der Waals surface area contributed by atoms with Gasteiger partial charge in [0.1, 0.15) is 0 Å². The molecule has 2 aromatic carbocycles. The topological polar surface area (TPSA) is 42.4 Å². The Morgan fingerprint density at radius 2 is 1.90 bits per heavy atom. The highest BCUT2D eigenvalue weighted by atomic mass is 16.5. The number of rotatable bonds is 4. The van der Waals surface area contributed by atoms with Crippen LogP contribution in [0.25, 0.3) is 10.8 Å². The number of pyridine rings is 1. The third-order valence-electron chi connectivity index (χ3n) is 7.05. The summed E-state index contributed by atoms with van der Waals surface area (Å²) in [5.41, 5.74) is 2.10. The molecule has 0 spiro atoms. The van der Waals surface area contributed by atoms with Crippen LogP contribution in [0.3, 0.4) is 0 Å². The van der Waals surface area contributed by atoms with E-state index in [4.69, 9.17) is 4.74 Å². The van der Waals surface area contributed by atoms with Gasteiger partial charge in [-0.25, -0.2) is 0 Å². The fraction of sp³-hybridized carbons (Fsp3) is 0.407. The second-order valence-electron chi connectivity index (χ2n) is 9.11. The van der Waals surface area contributed by atoms with Crippen LogP contribution in [0.2, 0.25) is 0 Å². The molecule has 0 radical (unpaired) electrons. The van der Waals surface area contributed by atoms with Gasteiger partial charge < -0.3 is 9.64 Å². The zero-order valence-corrected chi connectivity index (χ0v) is 18.0. The van der Waals surface area contributed by atoms with Crippen molar-refractivity contribution in [3.63, 3.8) is 0 Å². The quantitative estimate of drug-likeness (QED) is 0.618. The molecule has 1 aliphatic heterocycles. The maximum Gasteiger partial charge on any atom is 0.233 e. The molecule has 0 unspecified atom stereocenters. The second-order valence-corrected chi connectivity index (χ2v) is 9.11. The van der Waals surface area contributed by atoms with Gasteiger partial charge >= 0.3 is 0 Å². The summed E-state index contributed by atoms with van der Waals surface area (Å²) in [6.45, 7) is 2.77. The predicted octanol–water partition coefficient (Wildman–Crippen LogP) is 4.76. The monoisotopic (exact) mass is 414 g/mol. The molecule has 1 aromatic heterocycles. The molecular weight excluding hydrogens is 384 g/mol. The van der Waals surface area contributed by atoms with Crippen LogP contribution in [0.15, 0.2) is 67.0 Å². The average Bonchev–Trinajstić information content (AvgIpc) is 3.21. The Bertz CT molecular complexity index is 1040. The lowest BCUT2D eigenvalue weighted by Crippen LogP contribution is -2.47. The Kier molecular flexibility index (Phi) is 5.73. The minimum atomic E-state index is -0.356. The number of amides is 1. The summed E-state index contributed by atoms with van der Waals surface area (Å²) in [4.78, 5) is 20.3. The predicted molar refractivity (Wildman–Crippen MR) is 123 cm³/mol. The molecule has 5 rings (SSSR count). The van der Waals surface area contributed by atoms with Crippen molar-refractivity contribution in [3.8, 4) is 0 Å². The summed E-state index contributed by atoms with van der Waals surface area (Å²) >= 11 is 0. The van der Waals surface area contributed by atoms with E-state index in [1.54, 1.807) is 0 Å². The van der Waals surface area contributed by atoms with E-state index < -0.39 is 0 Å². The van der Waals surface area contributed by atoms with E-state index in [1.807, 2.05) is 24.5 Å². The van der Waals surface area contributed by atoms with Gasteiger partial charge in [-0.2, -0.15) is 0 Å². The molecule has 1 saturated heterocycles.